The monoisotopic (exact) mass is 198 g/mol. The predicted octanol–water partition coefficient (Wildman–Crippen LogP) is 3.75. The van der Waals surface area contributed by atoms with E-state index < -0.39 is 0 Å². The molecule has 0 aromatic carbocycles. The fourth-order valence-electron chi connectivity index (χ4n) is 3.15. The average molecular weight is 198 g/mol. The second-order valence-electron chi connectivity index (χ2n) is 5.13. The molecule has 0 amide bonds. The van der Waals surface area contributed by atoms with E-state index in [1.165, 1.54) is 38.5 Å². The van der Waals surface area contributed by atoms with Crippen molar-refractivity contribution >= 4 is 0 Å². The van der Waals surface area contributed by atoms with Crippen LogP contribution >= 0.6 is 0 Å². The molecule has 1 saturated carbocycles. The molecular weight excluding hydrogens is 172 g/mol. The molecule has 14 heavy (non-hydrogen) atoms. The first-order valence-corrected chi connectivity index (χ1v) is 6.34. The lowest BCUT2D eigenvalue weighted by Crippen LogP contribution is -2.37. The highest BCUT2D eigenvalue weighted by atomic mass is 16.3. The SMILES string of the molecule is CCCC(C)C(O)C1(CC)CCCC1. The molecule has 2 unspecified atom stereocenters. The molecule has 0 heterocycles. The van der Waals surface area contributed by atoms with Crippen LogP contribution in [-0.4, -0.2) is 11.2 Å². The average Bonchev–Trinajstić information content (AvgIpc) is 2.66. The van der Waals surface area contributed by atoms with Gasteiger partial charge in [-0.05, 0) is 37.0 Å². The summed E-state index contributed by atoms with van der Waals surface area (Å²) >= 11 is 0. The minimum atomic E-state index is -0.0602. The molecule has 0 bridgehead atoms. The smallest absolute Gasteiger partial charge is 0.0621 e. The Morgan fingerprint density at radius 2 is 1.79 bits per heavy atom. The summed E-state index contributed by atoms with van der Waals surface area (Å²) in [5.41, 5.74) is 0.272. The van der Waals surface area contributed by atoms with Crippen LogP contribution in [0.4, 0.5) is 0 Å². The first-order chi connectivity index (χ1) is 6.66. The molecule has 0 spiro atoms. The quantitative estimate of drug-likeness (QED) is 0.713. The van der Waals surface area contributed by atoms with Crippen molar-refractivity contribution in [3.8, 4) is 0 Å². The highest BCUT2D eigenvalue weighted by Gasteiger charge is 2.40. The lowest BCUT2D eigenvalue weighted by atomic mass is 9.72. The van der Waals surface area contributed by atoms with E-state index in [-0.39, 0.29) is 11.5 Å². The van der Waals surface area contributed by atoms with E-state index in [2.05, 4.69) is 20.8 Å². The van der Waals surface area contributed by atoms with Crippen molar-refractivity contribution in [3.05, 3.63) is 0 Å². The largest absolute Gasteiger partial charge is 0.392 e. The van der Waals surface area contributed by atoms with Gasteiger partial charge in [0.05, 0.1) is 6.10 Å². The van der Waals surface area contributed by atoms with Crippen molar-refractivity contribution in [2.45, 2.75) is 71.8 Å². The highest BCUT2D eigenvalue weighted by Crippen LogP contribution is 2.46. The van der Waals surface area contributed by atoms with Gasteiger partial charge in [-0.1, -0.05) is 40.0 Å². The van der Waals surface area contributed by atoms with Crippen LogP contribution in [0.15, 0.2) is 0 Å². The third-order valence-electron chi connectivity index (χ3n) is 4.21. The van der Waals surface area contributed by atoms with Crippen LogP contribution in [0.3, 0.4) is 0 Å². The van der Waals surface area contributed by atoms with Crippen LogP contribution in [0.2, 0.25) is 0 Å². The minimum Gasteiger partial charge on any atom is -0.392 e. The summed E-state index contributed by atoms with van der Waals surface area (Å²) in [5.74, 6) is 0.484. The Bertz CT molecular complexity index is 159. The van der Waals surface area contributed by atoms with Crippen LogP contribution in [0, 0.1) is 11.3 Å². The van der Waals surface area contributed by atoms with E-state index in [1.54, 1.807) is 0 Å². The molecule has 0 radical (unpaired) electrons. The summed E-state index contributed by atoms with van der Waals surface area (Å²) in [6.07, 6.45) is 8.60. The second-order valence-corrected chi connectivity index (χ2v) is 5.13. The maximum atomic E-state index is 10.4. The maximum Gasteiger partial charge on any atom is 0.0621 e. The second kappa shape index (κ2) is 5.16. The van der Waals surface area contributed by atoms with Gasteiger partial charge >= 0.3 is 0 Å². The van der Waals surface area contributed by atoms with Crippen LogP contribution in [0.1, 0.15) is 65.7 Å². The number of aliphatic hydroxyl groups is 1. The van der Waals surface area contributed by atoms with Gasteiger partial charge in [0.2, 0.25) is 0 Å². The van der Waals surface area contributed by atoms with Crippen molar-refractivity contribution in [2.24, 2.45) is 11.3 Å². The molecule has 1 aliphatic carbocycles. The van der Waals surface area contributed by atoms with E-state index in [4.69, 9.17) is 0 Å². The summed E-state index contributed by atoms with van der Waals surface area (Å²) in [4.78, 5) is 0. The zero-order valence-corrected chi connectivity index (χ0v) is 10.1. The van der Waals surface area contributed by atoms with Gasteiger partial charge in [0, 0.05) is 0 Å². The number of hydrogen-bond acceptors (Lipinski definition) is 1. The van der Waals surface area contributed by atoms with Gasteiger partial charge in [0.15, 0.2) is 0 Å². The number of aliphatic hydroxyl groups excluding tert-OH is 1. The van der Waals surface area contributed by atoms with Crippen molar-refractivity contribution in [1.82, 2.24) is 0 Å². The first kappa shape index (κ1) is 12.0. The molecule has 2 atom stereocenters. The van der Waals surface area contributed by atoms with Crippen molar-refractivity contribution in [2.75, 3.05) is 0 Å². The molecule has 0 aliphatic heterocycles. The van der Waals surface area contributed by atoms with Crippen LogP contribution in [0.5, 0.6) is 0 Å². The summed E-state index contributed by atoms with van der Waals surface area (Å²) in [5, 5.41) is 10.4. The Hall–Kier alpha value is -0.0400. The van der Waals surface area contributed by atoms with Crippen LogP contribution in [-0.2, 0) is 0 Å². The Kier molecular flexibility index (Phi) is 4.43. The van der Waals surface area contributed by atoms with E-state index in [0.29, 0.717) is 5.92 Å². The summed E-state index contributed by atoms with van der Waals surface area (Å²) in [7, 11) is 0. The van der Waals surface area contributed by atoms with Crippen molar-refractivity contribution < 1.29 is 5.11 Å². The molecule has 1 N–H and O–H groups in total. The first-order valence-electron chi connectivity index (χ1n) is 6.34. The Balaban J connectivity index is 2.59. The number of hydrogen-bond donors (Lipinski definition) is 1. The van der Waals surface area contributed by atoms with Gasteiger partial charge in [0.1, 0.15) is 0 Å². The molecular formula is C13H26O. The lowest BCUT2D eigenvalue weighted by molar-refractivity contribution is -0.0165. The normalized spacial score (nSPS) is 24.9. The zero-order valence-electron chi connectivity index (χ0n) is 10.1. The van der Waals surface area contributed by atoms with Gasteiger partial charge in [0.25, 0.3) is 0 Å². The predicted molar refractivity (Wildman–Crippen MR) is 61.3 cm³/mol. The fourth-order valence-corrected chi connectivity index (χ4v) is 3.15. The fraction of sp³-hybridized carbons (Fsp3) is 1.00. The molecule has 84 valence electrons. The number of rotatable bonds is 5. The Morgan fingerprint density at radius 3 is 2.21 bits per heavy atom. The molecule has 1 heteroatoms. The van der Waals surface area contributed by atoms with Crippen LogP contribution < -0.4 is 0 Å². The van der Waals surface area contributed by atoms with Gasteiger partial charge in [-0.2, -0.15) is 0 Å². The van der Waals surface area contributed by atoms with Crippen molar-refractivity contribution in [3.63, 3.8) is 0 Å². The molecule has 0 aromatic rings. The summed E-state index contributed by atoms with van der Waals surface area (Å²) in [6, 6.07) is 0. The van der Waals surface area contributed by atoms with Crippen LogP contribution in [0.25, 0.3) is 0 Å². The minimum absolute atomic E-state index is 0.0602. The van der Waals surface area contributed by atoms with Gasteiger partial charge in [-0.3, -0.25) is 0 Å². The molecule has 1 rings (SSSR count). The van der Waals surface area contributed by atoms with Crippen molar-refractivity contribution in [1.29, 1.82) is 0 Å². The molecule has 0 aromatic heterocycles. The zero-order chi connectivity index (χ0) is 10.6. The van der Waals surface area contributed by atoms with E-state index in [1.807, 2.05) is 0 Å². The Labute approximate surface area is 88.9 Å². The molecule has 1 fully saturated rings. The third-order valence-corrected chi connectivity index (χ3v) is 4.21. The maximum absolute atomic E-state index is 10.4. The standard InChI is InChI=1S/C13H26O/c1-4-8-11(3)12(14)13(5-2)9-6-7-10-13/h11-12,14H,4-10H2,1-3H3. The molecule has 0 saturated heterocycles. The van der Waals surface area contributed by atoms with Gasteiger partial charge in [-0.25, -0.2) is 0 Å². The van der Waals surface area contributed by atoms with E-state index in [0.717, 1.165) is 6.42 Å². The summed E-state index contributed by atoms with van der Waals surface area (Å²) < 4.78 is 0. The lowest BCUT2D eigenvalue weighted by Gasteiger charge is -2.37. The van der Waals surface area contributed by atoms with Gasteiger partial charge in [-0.15, -0.1) is 0 Å². The molecule has 1 aliphatic rings. The highest BCUT2D eigenvalue weighted by molar-refractivity contribution is 4.91. The van der Waals surface area contributed by atoms with Gasteiger partial charge < -0.3 is 5.11 Å². The van der Waals surface area contributed by atoms with E-state index in [9.17, 15) is 5.11 Å². The van der Waals surface area contributed by atoms with E-state index >= 15 is 0 Å². The topological polar surface area (TPSA) is 20.2 Å². The Morgan fingerprint density at radius 1 is 1.21 bits per heavy atom. The molecule has 1 nitrogen and oxygen atoms in total. The summed E-state index contributed by atoms with van der Waals surface area (Å²) in [6.45, 7) is 6.66. The third kappa shape index (κ3) is 2.31.